The van der Waals surface area contributed by atoms with Crippen molar-refractivity contribution in [2.45, 2.75) is 24.7 Å². The molecule has 2 spiro atoms. The minimum atomic E-state index is -2.57. The quantitative estimate of drug-likeness (QED) is 0.503. The van der Waals surface area contributed by atoms with Gasteiger partial charge in [-0.05, 0) is 37.1 Å². The SMILES string of the molecule is CCOC(=O)CN1C(=O)[C@@]2(C(C#N)=C(N)C(C#N)(C#N)[C@]23C(=O)N(CC(=O)OCC)c2ccccc23)c2ccccc21. The predicted octanol–water partition coefficient (Wildman–Crippen LogP) is 1.47. The highest BCUT2D eigenvalue weighted by atomic mass is 16.5. The van der Waals surface area contributed by atoms with E-state index in [4.69, 9.17) is 15.2 Å². The number of carbonyl (C=O) groups excluding carboxylic acids is 4. The number of nitrogens with two attached hydrogens (primary N) is 1. The molecular weight excluding hydrogens is 540 g/mol. The largest absolute Gasteiger partial charge is 0.465 e. The van der Waals surface area contributed by atoms with E-state index in [1.807, 2.05) is 18.2 Å². The maximum atomic E-state index is 15.0. The van der Waals surface area contributed by atoms with Gasteiger partial charge in [-0.3, -0.25) is 29.0 Å². The molecule has 42 heavy (non-hydrogen) atoms. The van der Waals surface area contributed by atoms with Crippen molar-refractivity contribution < 1.29 is 28.7 Å². The lowest BCUT2D eigenvalue weighted by molar-refractivity contribution is -0.144. The zero-order valence-corrected chi connectivity index (χ0v) is 22.7. The summed E-state index contributed by atoms with van der Waals surface area (Å²) in [5.41, 5.74) is -1.41. The molecule has 0 bridgehead atoms. The standard InChI is InChI=1S/C30H24N6O6/c1-3-41-23(37)14-35-21-11-7-5-9-18(21)29(26(35)39)20(13-31)25(34)28(16-32,17-33)30(29)19-10-6-8-12-22(19)36(27(30)40)15-24(38)42-4-2/h5-12H,3-4,14-15,34H2,1-2H3/t29-,30-/m0/s1. The summed E-state index contributed by atoms with van der Waals surface area (Å²) < 4.78 is 10.2. The Labute approximate surface area is 240 Å². The van der Waals surface area contributed by atoms with Crippen LogP contribution in [0.25, 0.3) is 0 Å². The van der Waals surface area contributed by atoms with Crippen molar-refractivity contribution in [1.29, 1.82) is 15.8 Å². The number of fused-ring (bicyclic) bond motifs is 5. The normalized spacial score (nSPS) is 22.9. The summed E-state index contributed by atoms with van der Waals surface area (Å²) >= 11 is 0. The van der Waals surface area contributed by atoms with Crippen LogP contribution in [0.3, 0.4) is 0 Å². The summed E-state index contributed by atoms with van der Waals surface area (Å²) in [6.07, 6.45) is 0. The summed E-state index contributed by atoms with van der Waals surface area (Å²) in [6.45, 7) is 2.09. The first-order chi connectivity index (χ1) is 20.2. The Kier molecular flexibility index (Phi) is 6.48. The highest BCUT2D eigenvalue weighted by Crippen LogP contribution is 2.72. The van der Waals surface area contributed by atoms with Crippen molar-refractivity contribution in [1.82, 2.24) is 0 Å². The number of carbonyl (C=O) groups is 4. The lowest BCUT2D eigenvalue weighted by atomic mass is 9.50. The van der Waals surface area contributed by atoms with Crippen LogP contribution in [0.2, 0.25) is 0 Å². The van der Waals surface area contributed by atoms with Gasteiger partial charge in [0.2, 0.25) is 17.2 Å². The van der Waals surface area contributed by atoms with Gasteiger partial charge in [0.05, 0.1) is 42.7 Å². The molecule has 0 radical (unpaired) electrons. The second kappa shape index (κ2) is 9.76. The molecule has 3 aliphatic rings. The third-order valence-corrected chi connectivity index (χ3v) is 8.14. The second-order valence-electron chi connectivity index (χ2n) is 9.80. The first-order valence-electron chi connectivity index (χ1n) is 13.1. The van der Waals surface area contributed by atoms with E-state index in [2.05, 4.69) is 0 Å². The van der Waals surface area contributed by atoms with Crippen LogP contribution in [0.1, 0.15) is 25.0 Å². The number of benzene rings is 2. The van der Waals surface area contributed by atoms with Crippen LogP contribution in [0.4, 0.5) is 11.4 Å². The number of amides is 2. The average molecular weight is 565 g/mol. The fraction of sp³-hybridized carbons (Fsp3) is 0.300. The average Bonchev–Trinajstić information content (AvgIpc) is 3.46. The number of nitrogens with zero attached hydrogens (tertiary/aromatic N) is 5. The van der Waals surface area contributed by atoms with Gasteiger partial charge >= 0.3 is 11.9 Å². The Morgan fingerprint density at radius 1 is 0.810 bits per heavy atom. The number of anilines is 2. The van der Waals surface area contributed by atoms with Gasteiger partial charge in [-0.2, -0.15) is 15.8 Å². The van der Waals surface area contributed by atoms with E-state index in [1.165, 1.54) is 24.3 Å². The molecule has 2 heterocycles. The third-order valence-electron chi connectivity index (χ3n) is 8.14. The Morgan fingerprint density at radius 2 is 1.29 bits per heavy atom. The first-order valence-corrected chi connectivity index (χ1v) is 13.1. The van der Waals surface area contributed by atoms with E-state index >= 15 is 0 Å². The zero-order valence-electron chi connectivity index (χ0n) is 22.7. The van der Waals surface area contributed by atoms with E-state index < -0.39 is 64.4 Å². The molecule has 0 aromatic heterocycles. The maximum absolute atomic E-state index is 15.0. The molecule has 2 atom stereocenters. The fourth-order valence-electron chi connectivity index (χ4n) is 6.74. The van der Waals surface area contributed by atoms with Crippen LogP contribution in [0.5, 0.6) is 0 Å². The first kappa shape index (κ1) is 27.9. The lowest BCUT2D eigenvalue weighted by Crippen LogP contribution is -2.64. The van der Waals surface area contributed by atoms with Crippen molar-refractivity contribution in [2.24, 2.45) is 11.1 Å². The molecule has 12 nitrogen and oxygen atoms in total. The molecule has 2 aliphatic heterocycles. The Balaban J connectivity index is 1.93. The molecule has 2 N–H and O–H groups in total. The number of hydrogen-bond acceptors (Lipinski definition) is 10. The van der Waals surface area contributed by atoms with Gasteiger partial charge in [0.25, 0.3) is 0 Å². The number of rotatable bonds is 6. The summed E-state index contributed by atoms with van der Waals surface area (Å²) in [4.78, 5) is 57.4. The number of para-hydroxylation sites is 2. The topological polar surface area (TPSA) is 191 Å². The van der Waals surface area contributed by atoms with Gasteiger partial charge in [0, 0.05) is 11.4 Å². The molecule has 1 aliphatic carbocycles. The lowest BCUT2D eigenvalue weighted by Gasteiger charge is -2.43. The third kappa shape index (κ3) is 3.02. The van der Waals surface area contributed by atoms with E-state index in [9.17, 15) is 35.0 Å². The molecule has 0 unspecified atom stereocenters. The molecule has 2 aromatic rings. The van der Waals surface area contributed by atoms with Crippen LogP contribution in [0, 0.1) is 39.4 Å². The van der Waals surface area contributed by atoms with Gasteiger partial charge in [0.15, 0.2) is 0 Å². The van der Waals surface area contributed by atoms with Crippen LogP contribution in [-0.4, -0.2) is 50.1 Å². The number of ether oxygens (including phenoxy) is 2. The maximum Gasteiger partial charge on any atom is 0.326 e. The summed E-state index contributed by atoms with van der Waals surface area (Å²) in [5.74, 6) is -3.40. The van der Waals surface area contributed by atoms with Gasteiger partial charge in [-0.15, -0.1) is 0 Å². The van der Waals surface area contributed by atoms with Crippen LogP contribution in [-0.2, 0) is 39.5 Å². The van der Waals surface area contributed by atoms with Crippen molar-refractivity contribution in [3.8, 4) is 18.2 Å². The van der Waals surface area contributed by atoms with Crippen molar-refractivity contribution >= 4 is 35.1 Å². The van der Waals surface area contributed by atoms with E-state index in [0.29, 0.717) is 0 Å². The summed E-state index contributed by atoms with van der Waals surface area (Å²) in [5, 5.41) is 32.0. The minimum Gasteiger partial charge on any atom is -0.465 e. The van der Waals surface area contributed by atoms with Gasteiger partial charge < -0.3 is 15.2 Å². The van der Waals surface area contributed by atoms with E-state index in [0.717, 1.165) is 9.80 Å². The molecule has 12 heteroatoms. The minimum absolute atomic E-state index is 0.0275. The molecule has 2 aromatic carbocycles. The zero-order chi connectivity index (χ0) is 30.4. The van der Waals surface area contributed by atoms with Crippen molar-refractivity contribution in [3.05, 3.63) is 70.9 Å². The molecule has 0 saturated carbocycles. The Bertz CT molecular complexity index is 1710. The number of nitriles is 3. The van der Waals surface area contributed by atoms with Gasteiger partial charge in [0.1, 0.15) is 23.9 Å². The monoisotopic (exact) mass is 564 g/mol. The molecular formula is C30H24N6O6. The second-order valence-corrected chi connectivity index (χ2v) is 9.80. The summed E-state index contributed by atoms with van der Waals surface area (Å²) in [6, 6.07) is 18.1. The van der Waals surface area contributed by atoms with E-state index in [1.54, 1.807) is 38.1 Å². The van der Waals surface area contributed by atoms with Crippen molar-refractivity contribution in [2.75, 3.05) is 36.1 Å². The highest BCUT2D eigenvalue weighted by Gasteiger charge is 2.85. The fourth-order valence-corrected chi connectivity index (χ4v) is 6.74. The molecule has 0 saturated heterocycles. The van der Waals surface area contributed by atoms with E-state index in [-0.39, 0.29) is 35.7 Å². The number of allylic oxidation sites excluding steroid dienone is 1. The molecule has 0 fully saturated rings. The molecule has 2 amide bonds. The summed E-state index contributed by atoms with van der Waals surface area (Å²) in [7, 11) is 0. The Hall–Kier alpha value is -5.67. The van der Waals surface area contributed by atoms with Crippen molar-refractivity contribution in [3.63, 3.8) is 0 Å². The molecule has 5 rings (SSSR count). The number of esters is 2. The molecule has 210 valence electrons. The highest BCUT2D eigenvalue weighted by molar-refractivity contribution is 6.24. The number of hydrogen-bond donors (Lipinski definition) is 1. The predicted molar refractivity (Wildman–Crippen MR) is 145 cm³/mol. The van der Waals surface area contributed by atoms with Gasteiger partial charge in [-0.25, -0.2) is 0 Å². The smallest absolute Gasteiger partial charge is 0.326 e. The van der Waals surface area contributed by atoms with Crippen LogP contribution in [0.15, 0.2) is 59.8 Å². The Morgan fingerprint density at radius 3 is 1.79 bits per heavy atom. The van der Waals surface area contributed by atoms with Crippen LogP contribution < -0.4 is 15.5 Å². The van der Waals surface area contributed by atoms with Gasteiger partial charge in [-0.1, -0.05) is 36.4 Å². The van der Waals surface area contributed by atoms with Crippen LogP contribution >= 0.6 is 0 Å².